The summed E-state index contributed by atoms with van der Waals surface area (Å²) in [6, 6.07) is 9.52. The molecular weight excluding hydrogens is 266 g/mol. The van der Waals surface area contributed by atoms with Crippen LogP contribution in [-0.2, 0) is 7.05 Å². The molecule has 3 rings (SSSR count). The van der Waals surface area contributed by atoms with Crippen LogP contribution in [0.4, 0.5) is 0 Å². The molecule has 0 unspecified atom stereocenters. The molecule has 1 amide bonds. The minimum atomic E-state index is -0.143. The number of nitrogens with zero attached hydrogens (tertiary/aromatic N) is 3. The smallest absolute Gasteiger partial charge is 0.256 e. The highest BCUT2D eigenvalue weighted by molar-refractivity contribution is 6.07. The van der Waals surface area contributed by atoms with Gasteiger partial charge >= 0.3 is 0 Å². The maximum Gasteiger partial charge on any atom is 0.256 e. The third kappa shape index (κ3) is 2.20. The van der Waals surface area contributed by atoms with Crippen molar-refractivity contribution in [3.8, 4) is 0 Å². The molecule has 0 saturated carbocycles. The Kier molecular flexibility index (Phi) is 3.25. The Balaban J connectivity index is 1.97. The normalized spacial score (nSPS) is 12.5. The van der Waals surface area contributed by atoms with E-state index in [1.54, 1.807) is 18.0 Å². The molecule has 1 atom stereocenters. The molecule has 0 aliphatic heterocycles. The summed E-state index contributed by atoms with van der Waals surface area (Å²) in [5.41, 5.74) is 2.49. The highest BCUT2D eigenvalue weighted by atomic mass is 16.5. The number of para-hydroxylation sites is 1. The minimum absolute atomic E-state index is 0.0256. The molecule has 0 bridgehead atoms. The summed E-state index contributed by atoms with van der Waals surface area (Å²) >= 11 is 0. The molecule has 1 aromatic carbocycles. The maximum atomic E-state index is 12.8. The van der Waals surface area contributed by atoms with Crippen molar-refractivity contribution in [1.82, 2.24) is 14.6 Å². The monoisotopic (exact) mass is 283 g/mol. The summed E-state index contributed by atoms with van der Waals surface area (Å²) < 4.78 is 6.82. The number of benzene rings is 1. The molecule has 0 aliphatic rings. The molecule has 0 fully saturated rings. The zero-order valence-corrected chi connectivity index (χ0v) is 12.3. The summed E-state index contributed by atoms with van der Waals surface area (Å²) in [7, 11) is 3.73. The Morgan fingerprint density at radius 3 is 2.81 bits per heavy atom. The minimum Gasteiger partial charge on any atom is -0.364 e. The second-order valence-corrected chi connectivity index (χ2v) is 5.19. The third-order valence-corrected chi connectivity index (χ3v) is 3.91. The molecule has 21 heavy (non-hydrogen) atoms. The molecular formula is C16H17N3O2. The lowest BCUT2D eigenvalue weighted by molar-refractivity contribution is 0.0739. The number of carbonyl (C=O) groups is 1. The molecule has 0 radical (unpaired) electrons. The summed E-state index contributed by atoms with van der Waals surface area (Å²) in [4.78, 5) is 14.4. The van der Waals surface area contributed by atoms with Crippen molar-refractivity contribution >= 4 is 16.8 Å². The van der Waals surface area contributed by atoms with Crippen LogP contribution in [0, 0.1) is 0 Å². The van der Waals surface area contributed by atoms with Gasteiger partial charge in [0.25, 0.3) is 5.91 Å². The van der Waals surface area contributed by atoms with E-state index in [1.807, 2.05) is 49.0 Å². The van der Waals surface area contributed by atoms with Gasteiger partial charge in [-0.15, -0.1) is 0 Å². The number of amides is 1. The average Bonchev–Trinajstić information content (AvgIpc) is 3.14. The lowest BCUT2D eigenvalue weighted by Gasteiger charge is -2.22. The molecule has 5 heteroatoms. The first-order valence-electron chi connectivity index (χ1n) is 6.81. The first kappa shape index (κ1) is 13.4. The topological polar surface area (TPSA) is 51.3 Å². The summed E-state index contributed by atoms with van der Waals surface area (Å²) in [6.45, 7) is 1.93. The number of carbonyl (C=O) groups excluding carboxylic acids is 1. The molecule has 0 aliphatic carbocycles. The van der Waals surface area contributed by atoms with E-state index < -0.39 is 0 Å². The van der Waals surface area contributed by atoms with Crippen LogP contribution >= 0.6 is 0 Å². The fraction of sp³-hybridized carbons (Fsp3) is 0.250. The highest BCUT2D eigenvalue weighted by Crippen LogP contribution is 2.25. The predicted octanol–water partition coefficient (Wildman–Crippen LogP) is 3.00. The molecule has 0 N–H and O–H groups in total. The lowest BCUT2D eigenvalue weighted by Crippen LogP contribution is -2.29. The van der Waals surface area contributed by atoms with Crippen LogP contribution in [0.1, 0.15) is 29.0 Å². The summed E-state index contributed by atoms with van der Waals surface area (Å²) in [6.07, 6.45) is 3.39. The Hall–Kier alpha value is -2.56. The van der Waals surface area contributed by atoms with Crippen molar-refractivity contribution in [2.45, 2.75) is 13.0 Å². The first-order valence-corrected chi connectivity index (χ1v) is 6.81. The van der Waals surface area contributed by atoms with E-state index >= 15 is 0 Å². The molecule has 5 nitrogen and oxygen atoms in total. The maximum absolute atomic E-state index is 12.8. The van der Waals surface area contributed by atoms with Crippen molar-refractivity contribution in [2.75, 3.05) is 7.05 Å². The van der Waals surface area contributed by atoms with E-state index in [4.69, 9.17) is 4.52 Å². The van der Waals surface area contributed by atoms with Crippen LogP contribution in [0.5, 0.6) is 0 Å². The van der Waals surface area contributed by atoms with E-state index in [2.05, 4.69) is 5.16 Å². The Bertz CT molecular complexity index is 774. The first-order chi connectivity index (χ1) is 10.1. The van der Waals surface area contributed by atoms with E-state index in [9.17, 15) is 4.79 Å². The molecule has 2 aromatic heterocycles. The quantitative estimate of drug-likeness (QED) is 0.742. The predicted molar refractivity (Wildman–Crippen MR) is 79.9 cm³/mol. The number of aryl methyl sites for hydroxylation is 1. The van der Waals surface area contributed by atoms with E-state index in [0.29, 0.717) is 5.56 Å². The Morgan fingerprint density at radius 2 is 2.10 bits per heavy atom. The lowest BCUT2D eigenvalue weighted by atomic mass is 10.1. The van der Waals surface area contributed by atoms with Gasteiger partial charge in [0.1, 0.15) is 12.0 Å². The molecule has 3 aromatic rings. The fourth-order valence-electron chi connectivity index (χ4n) is 2.51. The van der Waals surface area contributed by atoms with Crippen LogP contribution in [0.15, 0.2) is 47.3 Å². The number of fused-ring (bicyclic) bond motifs is 1. The van der Waals surface area contributed by atoms with Gasteiger partial charge in [0, 0.05) is 37.3 Å². The van der Waals surface area contributed by atoms with Gasteiger partial charge in [-0.2, -0.15) is 0 Å². The number of aromatic nitrogens is 2. The second kappa shape index (κ2) is 5.09. The van der Waals surface area contributed by atoms with Gasteiger partial charge in [-0.25, -0.2) is 0 Å². The van der Waals surface area contributed by atoms with Crippen LogP contribution in [0.2, 0.25) is 0 Å². The van der Waals surface area contributed by atoms with Crippen LogP contribution < -0.4 is 0 Å². The van der Waals surface area contributed by atoms with Crippen molar-refractivity contribution in [1.29, 1.82) is 0 Å². The van der Waals surface area contributed by atoms with Gasteiger partial charge in [-0.05, 0) is 13.0 Å². The summed E-state index contributed by atoms with van der Waals surface area (Å²) in [5.74, 6) is -0.0256. The van der Waals surface area contributed by atoms with Gasteiger partial charge in [0.2, 0.25) is 0 Å². The molecule has 2 heterocycles. The largest absolute Gasteiger partial charge is 0.364 e. The standard InChI is InChI=1S/C16H17N3O2/c1-11(14-8-9-21-17-14)19(3)16(20)13-10-18(2)15-7-5-4-6-12(13)15/h4-11H,1-3H3/t11-/m0/s1. The fourth-order valence-corrected chi connectivity index (χ4v) is 2.51. The van der Waals surface area contributed by atoms with Crippen LogP contribution in [0.3, 0.4) is 0 Å². The number of hydrogen-bond donors (Lipinski definition) is 0. The highest BCUT2D eigenvalue weighted by Gasteiger charge is 2.23. The van der Waals surface area contributed by atoms with Gasteiger partial charge in [0.15, 0.2) is 0 Å². The second-order valence-electron chi connectivity index (χ2n) is 5.19. The number of rotatable bonds is 3. The van der Waals surface area contributed by atoms with Gasteiger partial charge in [-0.3, -0.25) is 4.79 Å². The van der Waals surface area contributed by atoms with Gasteiger partial charge < -0.3 is 14.0 Å². The third-order valence-electron chi connectivity index (χ3n) is 3.91. The number of hydrogen-bond acceptors (Lipinski definition) is 3. The Labute approximate surface area is 122 Å². The zero-order chi connectivity index (χ0) is 15.0. The van der Waals surface area contributed by atoms with Gasteiger partial charge in [-0.1, -0.05) is 23.4 Å². The molecule has 0 spiro atoms. The molecule has 108 valence electrons. The van der Waals surface area contributed by atoms with Crippen molar-refractivity contribution in [3.05, 3.63) is 54.0 Å². The van der Waals surface area contributed by atoms with Crippen LogP contribution in [0.25, 0.3) is 10.9 Å². The summed E-state index contributed by atoms with van der Waals surface area (Å²) in [5, 5.41) is 4.87. The zero-order valence-electron chi connectivity index (χ0n) is 12.3. The van der Waals surface area contributed by atoms with Crippen molar-refractivity contribution in [2.24, 2.45) is 7.05 Å². The van der Waals surface area contributed by atoms with E-state index in [-0.39, 0.29) is 11.9 Å². The molecule has 0 saturated heterocycles. The van der Waals surface area contributed by atoms with Crippen molar-refractivity contribution < 1.29 is 9.32 Å². The Morgan fingerprint density at radius 1 is 1.33 bits per heavy atom. The van der Waals surface area contributed by atoms with E-state index in [1.165, 1.54) is 6.26 Å². The van der Waals surface area contributed by atoms with Crippen LogP contribution in [-0.4, -0.2) is 27.6 Å². The average molecular weight is 283 g/mol. The van der Waals surface area contributed by atoms with Gasteiger partial charge in [0.05, 0.1) is 11.6 Å². The van der Waals surface area contributed by atoms with Crippen molar-refractivity contribution in [3.63, 3.8) is 0 Å². The SMILES string of the molecule is C[C@@H](c1ccon1)N(C)C(=O)c1cn(C)c2ccccc12. The van der Waals surface area contributed by atoms with E-state index in [0.717, 1.165) is 16.6 Å².